The number of alkyl carbamates (subject to hydrolysis) is 1. The molecule has 3 aliphatic rings. The van der Waals surface area contributed by atoms with Gasteiger partial charge in [0.2, 0.25) is 0 Å². The van der Waals surface area contributed by atoms with Crippen molar-refractivity contribution in [3.63, 3.8) is 0 Å². The van der Waals surface area contributed by atoms with Gasteiger partial charge in [0, 0.05) is 51.0 Å². The van der Waals surface area contributed by atoms with Crippen LogP contribution >= 0.6 is 0 Å². The van der Waals surface area contributed by atoms with Gasteiger partial charge in [0.15, 0.2) is 6.10 Å². The quantitative estimate of drug-likeness (QED) is 0.0980. The predicted molar refractivity (Wildman–Crippen MR) is 181 cm³/mol. The van der Waals surface area contributed by atoms with Gasteiger partial charge < -0.3 is 44.3 Å². The summed E-state index contributed by atoms with van der Waals surface area (Å²) in [5.41, 5.74) is -0.750. The summed E-state index contributed by atoms with van der Waals surface area (Å²) in [5, 5.41) is 35.6. The first-order chi connectivity index (χ1) is 22.8. The van der Waals surface area contributed by atoms with Crippen LogP contribution in [-0.4, -0.2) is 127 Å². The van der Waals surface area contributed by atoms with E-state index < -0.39 is 42.1 Å². The van der Waals surface area contributed by atoms with Crippen LogP contribution in [0.25, 0.3) is 0 Å². The number of ether oxygens (including phenoxy) is 5. The number of hydrogen-bond donors (Lipinski definition) is 4. The molecule has 48 heavy (non-hydrogen) atoms. The standard InChI is InChI=1S/C36H60N2O10/c1-8-28(44-7)26(5)33-34(48-33)31(41)23(2)10-9-11-24(3)32-25(4)12-13-29(36(6,43)15-14-27(39)22-30(40)47-32)46-35(42)37-16-17-38-18-20-45-21-19-38/h9-13,23,25-29,31-34,39,41,43H,8,14-22H2,1-7H3,(H,37,42)/b10-9+,13-12+,24-11+. The van der Waals surface area contributed by atoms with Crippen molar-refractivity contribution in [1.29, 1.82) is 0 Å². The molecule has 2 fully saturated rings. The van der Waals surface area contributed by atoms with Crippen LogP contribution in [0.3, 0.4) is 0 Å². The van der Waals surface area contributed by atoms with E-state index in [-0.39, 0.29) is 55.3 Å². The Labute approximate surface area is 286 Å². The number of morpholine rings is 1. The summed E-state index contributed by atoms with van der Waals surface area (Å²) in [7, 11) is 1.70. The maximum Gasteiger partial charge on any atom is 0.407 e. The van der Waals surface area contributed by atoms with Crippen molar-refractivity contribution < 1.29 is 48.6 Å². The number of nitrogens with zero attached hydrogens (tertiary/aromatic N) is 1. The number of epoxide rings is 1. The van der Waals surface area contributed by atoms with Crippen LogP contribution in [0.15, 0.2) is 36.0 Å². The minimum absolute atomic E-state index is 0.0496. The third-order valence-electron chi connectivity index (χ3n) is 9.83. The second-order valence-electron chi connectivity index (χ2n) is 13.9. The minimum Gasteiger partial charge on any atom is -0.457 e. The van der Waals surface area contributed by atoms with E-state index in [1.54, 1.807) is 26.2 Å². The van der Waals surface area contributed by atoms with Crippen molar-refractivity contribution in [3.05, 3.63) is 36.0 Å². The van der Waals surface area contributed by atoms with Gasteiger partial charge in [-0.1, -0.05) is 52.0 Å². The van der Waals surface area contributed by atoms with Gasteiger partial charge in [-0.05, 0) is 44.8 Å². The van der Waals surface area contributed by atoms with Gasteiger partial charge in [0.25, 0.3) is 0 Å². The fourth-order valence-electron chi connectivity index (χ4n) is 6.44. The molecule has 2 saturated heterocycles. The number of hydrogen-bond acceptors (Lipinski definition) is 11. The lowest BCUT2D eigenvalue weighted by atomic mass is 9.88. The van der Waals surface area contributed by atoms with Crippen molar-refractivity contribution in [2.75, 3.05) is 46.5 Å². The third kappa shape index (κ3) is 12.2. The lowest BCUT2D eigenvalue weighted by molar-refractivity contribution is -0.151. The Hall–Kier alpha value is -2.32. The summed E-state index contributed by atoms with van der Waals surface area (Å²) in [6, 6.07) is 0. The van der Waals surface area contributed by atoms with E-state index in [1.165, 1.54) is 0 Å². The number of nitrogens with one attached hydrogen (secondary N) is 1. The first-order valence-electron chi connectivity index (χ1n) is 17.5. The van der Waals surface area contributed by atoms with E-state index in [0.717, 1.165) is 25.1 Å². The highest BCUT2D eigenvalue weighted by atomic mass is 16.6. The molecule has 0 bridgehead atoms. The molecule has 3 aliphatic heterocycles. The fourth-order valence-corrected chi connectivity index (χ4v) is 6.44. The molecular weight excluding hydrogens is 620 g/mol. The lowest BCUT2D eigenvalue weighted by Crippen LogP contribution is -2.46. The van der Waals surface area contributed by atoms with Crippen LogP contribution in [-0.2, 0) is 28.5 Å². The molecule has 11 atom stereocenters. The predicted octanol–water partition coefficient (Wildman–Crippen LogP) is 3.14. The molecule has 0 spiro atoms. The Balaban J connectivity index is 1.67. The first-order valence-corrected chi connectivity index (χ1v) is 17.5. The second kappa shape index (κ2) is 19.2. The van der Waals surface area contributed by atoms with E-state index in [2.05, 4.69) is 24.1 Å². The van der Waals surface area contributed by atoms with Crippen LogP contribution in [0.1, 0.15) is 67.2 Å². The van der Waals surface area contributed by atoms with E-state index in [0.29, 0.717) is 26.3 Å². The Morgan fingerprint density at radius 2 is 1.94 bits per heavy atom. The molecule has 0 aromatic heterocycles. The van der Waals surface area contributed by atoms with Crippen LogP contribution in [0.4, 0.5) is 4.79 Å². The Morgan fingerprint density at radius 3 is 2.60 bits per heavy atom. The number of cyclic esters (lactones) is 1. The van der Waals surface area contributed by atoms with E-state index in [9.17, 15) is 24.9 Å². The van der Waals surface area contributed by atoms with Gasteiger partial charge in [0.05, 0.1) is 44.1 Å². The van der Waals surface area contributed by atoms with E-state index >= 15 is 0 Å². The number of rotatable bonds is 13. The number of methoxy groups -OCH3 is 1. The van der Waals surface area contributed by atoms with Crippen LogP contribution in [0.5, 0.6) is 0 Å². The highest BCUT2D eigenvalue weighted by Gasteiger charge is 2.50. The van der Waals surface area contributed by atoms with E-state index in [1.807, 2.05) is 39.0 Å². The molecule has 0 radical (unpaired) electrons. The topological polar surface area (TPSA) is 160 Å². The summed E-state index contributed by atoms with van der Waals surface area (Å²) in [6.45, 7) is 15.3. The van der Waals surface area contributed by atoms with Gasteiger partial charge in [0.1, 0.15) is 17.8 Å². The van der Waals surface area contributed by atoms with Crippen LogP contribution in [0, 0.1) is 17.8 Å². The highest BCUT2D eigenvalue weighted by molar-refractivity contribution is 5.70. The lowest BCUT2D eigenvalue weighted by Gasteiger charge is -2.33. The summed E-state index contributed by atoms with van der Waals surface area (Å²) < 4.78 is 28.3. The molecule has 0 aliphatic carbocycles. The van der Waals surface area contributed by atoms with Gasteiger partial charge in [-0.3, -0.25) is 9.69 Å². The van der Waals surface area contributed by atoms with E-state index in [4.69, 9.17) is 23.7 Å². The number of amides is 1. The molecule has 0 aromatic carbocycles. The molecule has 11 unspecified atom stereocenters. The SMILES string of the molecule is CCC(OC)C(C)C1OC1C(O)C(C)/C=C/C=C(\C)C1OC(=O)CC(O)CCC(C)(O)C(OC(=O)NCCN2CCOCC2)/C=C/C1C. The van der Waals surface area contributed by atoms with Crippen molar-refractivity contribution in [1.82, 2.24) is 10.2 Å². The number of carbonyl (C=O) groups is 2. The van der Waals surface area contributed by atoms with Crippen LogP contribution < -0.4 is 5.32 Å². The Kier molecular flexibility index (Phi) is 16.0. The summed E-state index contributed by atoms with van der Waals surface area (Å²) in [5.74, 6) is -0.928. The molecule has 0 aromatic rings. The van der Waals surface area contributed by atoms with Crippen LogP contribution in [0.2, 0.25) is 0 Å². The molecule has 12 heteroatoms. The second-order valence-corrected chi connectivity index (χ2v) is 13.9. The third-order valence-corrected chi connectivity index (χ3v) is 9.83. The number of allylic oxidation sites excluding steroid dienone is 2. The average molecular weight is 681 g/mol. The molecule has 0 saturated carbocycles. The fraction of sp³-hybridized carbons (Fsp3) is 0.778. The van der Waals surface area contributed by atoms with Crippen molar-refractivity contribution >= 4 is 12.1 Å². The summed E-state index contributed by atoms with van der Waals surface area (Å²) >= 11 is 0. The minimum atomic E-state index is -1.50. The van der Waals surface area contributed by atoms with Crippen molar-refractivity contribution in [3.8, 4) is 0 Å². The number of aliphatic hydroxyl groups excluding tert-OH is 2. The molecule has 3 rings (SSSR count). The highest BCUT2D eigenvalue weighted by Crippen LogP contribution is 2.37. The zero-order valence-corrected chi connectivity index (χ0v) is 29.9. The van der Waals surface area contributed by atoms with Gasteiger partial charge in [-0.2, -0.15) is 0 Å². The van der Waals surface area contributed by atoms with Crippen molar-refractivity contribution in [2.24, 2.45) is 17.8 Å². The normalized spacial score (nSPS) is 34.2. The maximum atomic E-state index is 12.8. The number of aliphatic hydroxyl groups is 3. The molecule has 4 N–H and O–H groups in total. The van der Waals surface area contributed by atoms with Crippen molar-refractivity contribution in [2.45, 2.75) is 116 Å². The first kappa shape index (κ1) is 40.1. The number of carbonyl (C=O) groups excluding carboxylic acids is 2. The molecule has 1 amide bonds. The van der Waals surface area contributed by atoms with Gasteiger partial charge in [-0.25, -0.2) is 4.79 Å². The summed E-state index contributed by atoms with van der Waals surface area (Å²) in [6.07, 6.45) is 5.53. The monoisotopic (exact) mass is 680 g/mol. The largest absolute Gasteiger partial charge is 0.457 e. The Morgan fingerprint density at radius 1 is 1.23 bits per heavy atom. The summed E-state index contributed by atoms with van der Waals surface area (Å²) in [4.78, 5) is 27.8. The average Bonchev–Trinajstić information content (AvgIpc) is 3.85. The van der Waals surface area contributed by atoms with Gasteiger partial charge in [-0.15, -0.1) is 0 Å². The zero-order chi connectivity index (χ0) is 35.4. The maximum absolute atomic E-state index is 12.8. The van der Waals surface area contributed by atoms with Gasteiger partial charge >= 0.3 is 12.1 Å². The molecule has 3 heterocycles. The zero-order valence-electron chi connectivity index (χ0n) is 29.9. The molecule has 12 nitrogen and oxygen atoms in total. The molecular formula is C36H60N2O10. The Bertz CT molecular complexity index is 1100. The smallest absolute Gasteiger partial charge is 0.407 e. The number of esters is 1. The molecule has 274 valence electrons.